The maximum absolute atomic E-state index is 13.5. The van der Waals surface area contributed by atoms with Gasteiger partial charge in [0.05, 0.1) is 0 Å². The first-order chi connectivity index (χ1) is 18.2. The van der Waals surface area contributed by atoms with Crippen LogP contribution in [0, 0.1) is 11.6 Å². The van der Waals surface area contributed by atoms with Crippen molar-refractivity contribution in [3.63, 3.8) is 0 Å². The first-order valence-electron chi connectivity index (χ1n) is 12.1. The Morgan fingerprint density at radius 3 is 2.18 bits per heavy atom. The molecule has 38 heavy (non-hydrogen) atoms. The van der Waals surface area contributed by atoms with Crippen LogP contribution in [0.15, 0.2) is 84.9 Å². The van der Waals surface area contributed by atoms with Crippen LogP contribution in [0.25, 0.3) is 5.57 Å². The fraction of sp³-hybridized carbons (Fsp3) is 0.207. The summed E-state index contributed by atoms with van der Waals surface area (Å²) in [4.78, 5) is 38.7. The van der Waals surface area contributed by atoms with Gasteiger partial charge in [-0.05, 0) is 41.3 Å². The van der Waals surface area contributed by atoms with E-state index in [1.807, 2.05) is 66.7 Å². The Labute approximate surface area is 218 Å². The number of aliphatic hydroxyl groups excluding tert-OH is 1. The van der Waals surface area contributed by atoms with Crippen molar-refractivity contribution in [3.05, 3.63) is 113 Å². The summed E-state index contributed by atoms with van der Waals surface area (Å²) < 4.78 is 27.0. The maximum Gasteiger partial charge on any atom is 0.254 e. The van der Waals surface area contributed by atoms with Crippen molar-refractivity contribution >= 4 is 23.3 Å². The number of rotatable bonds is 7. The molecular weight excluding hydrogens is 492 g/mol. The molecule has 7 nitrogen and oxygen atoms in total. The Hall–Kier alpha value is -4.37. The highest BCUT2D eigenvalue weighted by Gasteiger charge is 2.34. The Balaban J connectivity index is 1.53. The molecule has 9 heteroatoms. The minimum atomic E-state index is -1.90. The number of amides is 3. The van der Waals surface area contributed by atoms with Gasteiger partial charge in [0.15, 0.2) is 6.10 Å². The molecule has 3 aromatic rings. The molecule has 0 radical (unpaired) electrons. The van der Waals surface area contributed by atoms with Crippen LogP contribution < -0.4 is 16.0 Å². The summed E-state index contributed by atoms with van der Waals surface area (Å²) in [5.41, 5.74) is 2.34. The van der Waals surface area contributed by atoms with Gasteiger partial charge < -0.3 is 21.1 Å². The van der Waals surface area contributed by atoms with E-state index in [0.717, 1.165) is 28.8 Å². The molecule has 3 aromatic carbocycles. The van der Waals surface area contributed by atoms with Crippen molar-refractivity contribution in [2.75, 3.05) is 6.54 Å². The zero-order valence-electron chi connectivity index (χ0n) is 20.5. The first kappa shape index (κ1) is 26.7. The predicted octanol–water partition coefficient (Wildman–Crippen LogP) is 2.98. The molecule has 0 spiro atoms. The Morgan fingerprint density at radius 1 is 0.947 bits per heavy atom. The second-order valence-electron chi connectivity index (χ2n) is 9.03. The summed E-state index contributed by atoms with van der Waals surface area (Å²) in [5.74, 6) is -4.51. The van der Waals surface area contributed by atoms with Gasteiger partial charge in [-0.25, -0.2) is 8.78 Å². The first-order valence-corrected chi connectivity index (χ1v) is 12.1. The van der Waals surface area contributed by atoms with Gasteiger partial charge in [0, 0.05) is 18.5 Å². The SMILES string of the molecule is C[C@H](NC(=O)[C@@H](O)c1cc(F)cc(F)c1)C(=O)N[C@@H]1C(=O)NCC(c2ccccc2)=C[C@H]1c1ccccc1. The third-order valence-electron chi connectivity index (χ3n) is 6.30. The molecule has 3 amide bonds. The van der Waals surface area contributed by atoms with E-state index in [2.05, 4.69) is 16.0 Å². The fourth-order valence-corrected chi connectivity index (χ4v) is 4.32. The second kappa shape index (κ2) is 11.8. The van der Waals surface area contributed by atoms with Crippen LogP contribution in [0.5, 0.6) is 0 Å². The molecule has 4 rings (SSSR count). The van der Waals surface area contributed by atoms with Gasteiger partial charge in [0.25, 0.3) is 5.91 Å². The molecule has 0 bridgehead atoms. The molecule has 0 unspecified atom stereocenters. The molecule has 196 valence electrons. The van der Waals surface area contributed by atoms with Crippen molar-refractivity contribution in [2.45, 2.75) is 31.0 Å². The van der Waals surface area contributed by atoms with Crippen LogP contribution in [-0.2, 0) is 14.4 Å². The van der Waals surface area contributed by atoms with Gasteiger partial charge in [0.1, 0.15) is 23.7 Å². The number of aliphatic hydroxyl groups is 1. The lowest BCUT2D eigenvalue weighted by molar-refractivity contribution is -0.135. The van der Waals surface area contributed by atoms with E-state index < -0.39 is 53.5 Å². The van der Waals surface area contributed by atoms with Crippen molar-refractivity contribution < 1.29 is 28.3 Å². The number of nitrogens with one attached hydrogen (secondary N) is 3. The molecule has 0 aromatic heterocycles. The van der Waals surface area contributed by atoms with Gasteiger partial charge in [-0.1, -0.05) is 66.7 Å². The fourth-order valence-electron chi connectivity index (χ4n) is 4.32. The van der Waals surface area contributed by atoms with E-state index in [4.69, 9.17) is 0 Å². The van der Waals surface area contributed by atoms with Crippen LogP contribution in [0.2, 0.25) is 0 Å². The van der Waals surface area contributed by atoms with Crippen LogP contribution in [0.3, 0.4) is 0 Å². The van der Waals surface area contributed by atoms with Gasteiger partial charge >= 0.3 is 0 Å². The predicted molar refractivity (Wildman–Crippen MR) is 137 cm³/mol. The van der Waals surface area contributed by atoms with Crippen molar-refractivity contribution in [3.8, 4) is 0 Å². The molecule has 0 fully saturated rings. The minimum Gasteiger partial charge on any atom is -0.378 e. The topological polar surface area (TPSA) is 108 Å². The van der Waals surface area contributed by atoms with E-state index in [-0.39, 0.29) is 12.1 Å². The average Bonchev–Trinajstić information content (AvgIpc) is 3.07. The van der Waals surface area contributed by atoms with Gasteiger partial charge in [-0.2, -0.15) is 0 Å². The zero-order chi connectivity index (χ0) is 27.2. The number of hydrogen-bond acceptors (Lipinski definition) is 4. The highest BCUT2D eigenvalue weighted by molar-refractivity contribution is 5.94. The van der Waals surface area contributed by atoms with Gasteiger partial charge in [-0.15, -0.1) is 0 Å². The Bertz CT molecular complexity index is 1330. The number of halogens is 2. The lowest BCUT2D eigenvalue weighted by Crippen LogP contribution is -2.54. The molecular formula is C29H27F2N3O4. The maximum atomic E-state index is 13.5. The lowest BCUT2D eigenvalue weighted by atomic mass is 9.88. The quantitative estimate of drug-likeness (QED) is 0.385. The summed E-state index contributed by atoms with van der Waals surface area (Å²) in [5, 5.41) is 18.2. The third kappa shape index (κ3) is 6.30. The van der Waals surface area contributed by atoms with Gasteiger partial charge in [0.2, 0.25) is 11.8 Å². The molecule has 1 aliphatic rings. The smallest absolute Gasteiger partial charge is 0.254 e. The Kier molecular flexibility index (Phi) is 8.28. The Morgan fingerprint density at radius 2 is 1.55 bits per heavy atom. The standard InChI is InChI=1S/C29H27F2N3O4/c1-17(33-29(38)26(35)20-12-22(30)15-23(31)13-20)27(36)34-25-24(19-10-6-3-7-11-19)14-21(16-32-28(25)37)18-8-4-2-5-9-18/h2-15,17,24-26,35H,16H2,1H3,(H,32,37)(H,33,38)(H,34,36)/t17-,24-,25-,26-/m0/s1. The van der Waals surface area contributed by atoms with Crippen molar-refractivity contribution in [2.24, 2.45) is 0 Å². The van der Waals surface area contributed by atoms with Crippen LogP contribution >= 0.6 is 0 Å². The largest absolute Gasteiger partial charge is 0.378 e. The van der Waals surface area contributed by atoms with Gasteiger partial charge in [-0.3, -0.25) is 14.4 Å². The highest BCUT2D eigenvalue weighted by Crippen LogP contribution is 2.29. The molecule has 1 heterocycles. The number of benzene rings is 3. The lowest BCUT2D eigenvalue weighted by Gasteiger charge is -2.26. The molecule has 0 saturated heterocycles. The zero-order valence-corrected chi connectivity index (χ0v) is 20.5. The highest BCUT2D eigenvalue weighted by atomic mass is 19.1. The molecule has 4 N–H and O–H groups in total. The number of carbonyl (C=O) groups is 3. The summed E-state index contributed by atoms with van der Waals surface area (Å²) in [7, 11) is 0. The molecule has 0 saturated carbocycles. The number of hydrogen-bond donors (Lipinski definition) is 4. The third-order valence-corrected chi connectivity index (χ3v) is 6.30. The van der Waals surface area contributed by atoms with Crippen LogP contribution in [-0.4, -0.2) is 41.5 Å². The second-order valence-corrected chi connectivity index (χ2v) is 9.03. The van der Waals surface area contributed by atoms with E-state index in [9.17, 15) is 28.3 Å². The van der Waals surface area contributed by atoms with Crippen molar-refractivity contribution in [1.29, 1.82) is 0 Å². The van der Waals surface area contributed by atoms with E-state index in [1.165, 1.54) is 6.92 Å². The van der Waals surface area contributed by atoms with Crippen LogP contribution in [0.4, 0.5) is 8.78 Å². The summed E-state index contributed by atoms with van der Waals surface area (Å²) >= 11 is 0. The summed E-state index contributed by atoms with van der Waals surface area (Å²) in [6.07, 6.45) is 0.0454. The summed E-state index contributed by atoms with van der Waals surface area (Å²) in [6, 6.07) is 18.9. The number of carbonyl (C=O) groups excluding carboxylic acids is 3. The molecule has 0 aliphatic carbocycles. The van der Waals surface area contributed by atoms with E-state index in [1.54, 1.807) is 0 Å². The van der Waals surface area contributed by atoms with Crippen molar-refractivity contribution in [1.82, 2.24) is 16.0 Å². The normalized spacial score (nSPS) is 18.8. The monoisotopic (exact) mass is 519 g/mol. The minimum absolute atomic E-state index is 0.265. The summed E-state index contributed by atoms with van der Waals surface area (Å²) in [6.45, 7) is 1.64. The van der Waals surface area contributed by atoms with Crippen LogP contribution in [0.1, 0.15) is 35.6 Å². The average molecular weight is 520 g/mol. The van der Waals surface area contributed by atoms with E-state index >= 15 is 0 Å². The molecule has 4 atom stereocenters. The van der Waals surface area contributed by atoms with E-state index in [0.29, 0.717) is 6.07 Å². The molecule has 1 aliphatic heterocycles.